The van der Waals surface area contributed by atoms with Crippen LogP contribution >= 0.6 is 0 Å². The predicted octanol–water partition coefficient (Wildman–Crippen LogP) is 2.87. The number of hydrogen-bond donors (Lipinski definition) is 1. The average molecular weight is 219 g/mol. The minimum atomic E-state index is -0.0496. The highest BCUT2D eigenvalue weighted by atomic mass is 16.1. The van der Waals surface area contributed by atoms with Crippen LogP contribution in [0, 0.1) is 13.8 Å². The van der Waals surface area contributed by atoms with Gasteiger partial charge >= 0.3 is 0 Å². The third-order valence-electron chi connectivity index (χ3n) is 2.82. The molecule has 1 rings (SSSR count). The van der Waals surface area contributed by atoms with E-state index < -0.39 is 0 Å². The molecule has 88 valence electrons. The van der Waals surface area contributed by atoms with Crippen LogP contribution in [0.15, 0.2) is 18.2 Å². The number of rotatable bonds is 5. The van der Waals surface area contributed by atoms with Crippen LogP contribution in [0.2, 0.25) is 0 Å². The highest BCUT2D eigenvalue weighted by Gasteiger charge is 2.18. The molecule has 2 nitrogen and oxygen atoms in total. The zero-order chi connectivity index (χ0) is 12.1. The van der Waals surface area contributed by atoms with E-state index in [0.29, 0.717) is 0 Å². The molecule has 0 heterocycles. The van der Waals surface area contributed by atoms with E-state index in [1.54, 1.807) is 0 Å². The lowest BCUT2D eigenvalue weighted by atomic mass is 9.97. The molecular formula is C14H21NO. The first kappa shape index (κ1) is 12.9. The van der Waals surface area contributed by atoms with Crippen LogP contribution in [-0.4, -0.2) is 18.4 Å². The second kappa shape index (κ2) is 5.80. The molecule has 1 N–H and O–H groups in total. The number of carbonyl (C=O) groups is 1. The molecule has 0 amide bonds. The van der Waals surface area contributed by atoms with Crippen molar-refractivity contribution in [1.82, 2.24) is 5.32 Å². The van der Waals surface area contributed by atoms with Crippen LogP contribution in [-0.2, 0) is 0 Å². The Hall–Kier alpha value is -1.15. The fourth-order valence-electron chi connectivity index (χ4n) is 1.95. The molecule has 1 aromatic carbocycles. The Labute approximate surface area is 98.1 Å². The van der Waals surface area contributed by atoms with Gasteiger partial charge in [-0.2, -0.15) is 0 Å². The minimum Gasteiger partial charge on any atom is -0.307 e. The molecule has 0 saturated carbocycles. The third kappa shape index (κ3) is 2.92. The highest BCUT2D eigenvalue weighted by Crippen LogP contribution is 2.13. The van der Waals surface area contributed by atoms with Crippen LogP contribution in [0.4, 0.5) is 0 Å². The zero-order valence-electron chi connectivity index (χ0n) is 10.6. The van der Waals surface area contributed by atoms with Gasteiger partial charge in [0.2, 0.25) is 0 Å². The van der Waals surface area contributed by atoms with E-state index in [2.05, 4.69) is 11.4 Å². The predicted molar refractivity (Wildman–Crippen MR) is 68.0 cm³/mol. The second-order valence-electron chi connectivity index (χ2n) is 4.20. The Morgan fingerprint density at radius 3 is 2.50 bits per heavy atom. The lowest BCUT2D eigenvalue weighted by molar-refractivity contribution is 0.0941. The number of carbonyl (C=O) groups excluding carboxylic acids is 1. The van der Waals surface area contributed by atoms with Crippen molar-refractivity contribution in [1.29, 1.82) is 0 Å². The first-order valence-corrected chi connectivity index (χ1v) is 5.95. The summed E-state index contributed by atoms with van der Waals surface area (Å²) in [7, 11) is 0. The molecule has 16 heavy (non-hydrogen) atoms. The molecule has 1 atom stereocenters. The number of nitrogens with one attached hydrogen (secondary N) is 1. The third-order valence-corrected chi connectivity index (χ3v) is 2.82. The number of likely N-dealkylation sites (N-methyl/N-ethyl adjacent to an activating group) is 1. The van der Waals surface area contributed by atoms with Gasteiger partial charge in [0.1, 0.15) is 0 Å². The van der Waals surface area contributed by atoms with Crippen LogP contribution < -0.4 is 5.32 Å². The molecule has 2 heteroatoms. The van der Waals surface area contributed by atoms with Crippen LogP contribution in [0.5, 0.6) is 0 Å². The van der Waals surface area contributed by atoms with Crippen molar-refractivity contribution in [3.05, 3.63) is 34.9 Å². The summed E-state index contributed by atoms with van der Waals surface area (Å²) in [6.45, 7) is 8.93. The Morgan fingerprint density at radius 1 is 1.31 bits per heavy atom. The van der Waals surface area contributed by atoms with E-state index in [-0.39, 0.29) is 11.8 Å². The SMILES string of the molecule is CCNC(CC)C(=O)c1ccc(C)cc1C. The Kier molecular flexibility index (Phi) is 4.69. The first-order valence-electron chi connectivity index (χ1n) is 5.95. The van der Waals surface area contributed by atoms with Gasteiger partial charge in [-0.1, -0.05) is 37.6 Å². The van der Waals surface area contributed by atoms with Gasteiger partial charge in [0.25, 0.3) is 0 Å². The number of ketones is 1. The summed E-state index contributed by atoms with van der Waals surface area (Å²) in [5.74, 6) is 0.210. The van der Waals surface area contributed by atoms with Crippen molar-refractivity contribution in [3.63, 3.8) is 0 Å². The smallest absolute Gasteiger partial charge is 0.179 e. The maximum absolute atomic E-state index is 12.2. The Bertz CT molecular complexity index is 371. The molecule has 0 aromatic heterocycles. The van der Waals surface area contributed by atoms with Crippen molar-refractivity contribution in [3.8, 4) is 0 Å². The van der Waals surface area contributed by atoms with Crippen LogP contribution in [0.3, 0.4) is 0 Å². The maximum atomic E-state index is 12.2. The van der Waals surface area contributed by atoms with Gasteiger partial charge in [0.15, 0.2) is 5.78 Å². The van der Waals surface area contributed by atoms with E-state index in [4.69, 9.17) is 0 Å². The van der Waals surface area contributed by atoms with E-state index in [9.17, 15) is 4.79 Å². The molecule has 0 radical (unpaired) electrons. The fourth-order valence-corrected chi connectivity index (χ4v) is 1.95. The quantitative estimate of drug-likeness (QED) is 0.771. The molecule has 0 fully saturated rings. The van der Waals surface area contributed by atoms with Gasteiger partial charge < -0.3 is 5.32 Å². The molecule has 1 unspecified atom stereocenters. The Balaban J connectivity index is 2.94. The summed E-state index contributed by atoms with van der Waals surface area (Å²) < 4.78 is 0. The van der Waals surface area contributed by atoms with Crippen LogP contribution in [0.1, 0.15) is 41.8 Å². The molecular weight excluding hydrogens is 198 g/mol. The van der Waals surface area contributed by atoms with Crippen molar-refractivity contribution in [2.75, 3.05) is 6.54 Å². The second-order valence-corrected chi connectivity index (χ2v) is 4.20. The normalized spacial score (nSPS) is 12.5. The first-order chi connectivity index (χ1) is 7.60. The minimum absolute atomic E-state index is 0.0496. The van der Waals surface area contributed by atoms with Crippen molar-refractivity contribution < 1.29 is 4.79 Å². The zero-order valence-corrected chi connectivity index (χ0v) is 10.6. The number of aryl methyl sites for hydroxylation is 2. The summed E-state index contributed by atoms with van der Waals surface area (Å²) in [4.78, 5) is 12.2. The van der Waals surface area contributed by atoms with E-state index in [1.165, 1.54) is 5.56 Å². The van der Waals surface area contributed by atoms with Gasteiger partial charge in [-0.25, -0.2) is 0 Å². The lowest BCUT2D eigenvalue weighted by Gasteiger charge is -2.16. The average Bonchev–Trinajstić information content (AvgIpc) is 2.25. The van der Waals surface area contributed by atoms with Crippen LogP contribution in [0.25, 0.3) is 0 Å². The lowest BCUT2D eigenvalue weighted by Crippen LogP contribution is -2.36. The monoisotopic (exact) mass is 219 g/mol. The largest absolute Gasteiger partial charge is 0.307 e. The highest BCUT2D eigenvalue weighted by molar-refractivity contribution is 6.01. The molecule has 0 bridgehead atoms. The molecule has 0 spiro atoms. The molecule has 0 aliphatic carbocycles. The van der Waals surface area contributed by atoms with Crippen molar-refractivity contribution >= 4 is 5.78 Å². The summed E-state index contributed by atoms with van der Waals surface area (Å²) in [6, 6.07) is 5.95. The van der Waals surface area contributed by atoms with Gasteiger partial charge in [-0.15, -0.1) is 0 Å². The van der Waals surface area contributed by atoms with Gasteiger partial charge in [-0.05, 0) is 32.4 Å². The van der Waals surface area contributed by atoms with Crippen molar-refractivity contribution in [2.45, 2.75) is 40.2 Å². The summed E-state index contributed by atoms with van der Waals surface area (Å²) in [5.41, 5.74) is 3.12. The van der Waals surface area contributed by atoms with Gasteiger partial charge in [0, 0.05) is 5.56 Å². The van der Waals surface area contributed by atoms with E-state index in [0.717, 1.165) is 24.1 Å². The molecule has 1 aromatic rings. The van der Waals surface area contributed by atoms with Gasteiger partial charge in [0.05, 0.1) is 6.04 Å². The molecule has 0 aliphatic heterocycles. The number of benzene rings is 1. The maximum Gasteiger partial charge on any atom is 0.179 e. The van der Waals surface area contributed by atoms with Gasteiger partial charge in [-0.3, -0.25) is 4.79 Å². The standard InChI is InChI=1S/C14H21NO/c1-5-13(15-6-2)14(16)12-8-7-10(3)9-11(12)4/h7-9,13,15H,5-6H2,1-4H3. The summed E-state index contributed by atoms with van der Waals surface area (Å²) >= 11 is 0. The van der Waals surface area contributed by atoms with E-state index >= 15 is 0 Å². The molecule has 0 aliphatic rings. The number of hydrogen-bond acceptors (Lipinski definition) is 2. The Morgan fingerprint density at radius 2 is 2.00 bits per heavy atom. The summed E-state index contributed by atoms with van der Waals surface area (Å²) in [6.07, 6.45) is 0.833. The number of Topliss-reactive ketones (excluding diaryl/α,β-unsaturated/α-hetero) is 1. The molecule has 0 saturated heterocycles. The van der Waals surface area contributed by atoms with Crippen molar-refractivity contribution in [2.24, 2.45) is 0 Å². The van der Waals surface area contributed by atoms with E-state index in [1.807, 2.05) is 39.8 Å². The summed E-state index contributed by atoms with van der Waals surface area (Å²) in [5, 5.41) is 3.22. The topological polar surface area (TPSA) is 29.1 Å². The fraction of sp³-hybridized carbons (Fsp3) is 0.500.